The lowest BCUT2D eigenvalue weighted by molar-refractivity contribution is -0.0883. The van der Waals surface area contributed by atoms with Crippen LogP contribution in [0.5, 0.6) is 0 Å². The number of Topliss-reactive ketones (excluding diaryl/α,β-unsaturated/α-hetero) is 1. The van der Waals surface area contributed by atoms with Crippen molar-refractivity contribution in [1.82, 2.24) is 4.90 Å². The van der Waals surface area contributed by atoms with Crippen molar-refractivity contribution in [1.29, 1.82) is 0 Å². The molecule has 1 N–H and O–H groups in total. The summed E-state index contributed by atoms with van der Waals surface area (Å²) in [7, 11) is 0. The van der Waals surface area contributed by atoms with Crippen LogP contribution in [0.1, 0.15) is 38.0 Å². The van der Waals surface area contributed by atoms with E-state index in [1.54, 1.807) is 0 Å². The molecule has 1 unspecified atom stereocenters. The normalized spacial score (nSPS) is 21.1. The minimum Gasteiger partial charge on any atom is -0.465 e. The van der Waals surface area contributed by atoms with E-state index in [0.29, 0.717) is 31.4 Å². The predicted octanol–water partition coefficient (Wildman–Crippen LogP) is 3.06. The van der Waals surface area contributed by atoms with Crippen molar-refractivity contribution in [3.05, 3.63) is 20.9 Å². The molecule has 1 aliphatic heterocycles. The van der Waals surface area contributed by atoms with Gasteiger partial charge in [0.25, 0.3) is 5.78 Å². The van der Waals surface area contributed by atoms with Crippen LogP contribution < -0.4 is 0 Å². The maximum Gasteiger partial charge on any atom is 0.455 e. The third-order valence-electron chi connectivity index (χ3n) is 4.06. The third-order valence-corrected chi connectivity index (χ3v) is 5.37. The average Bonchev–Trinajstić information content (AvgIpc) is 2.88. The predicted molar refractivity (Wildman–Crippen MR) is 69.1 cm³/mol. The first-order chi connectivity index (χ1) is 9.79. The molecule has 0 radical (unpaired) electrons. The quantitative estimate of drug-likeness (QED) is 0.809. The van der Waals surface area contributed by atoms with Crippen molar-refractivity contribution in [3.63, 3.8) is 0 Å². The van der Waals surface area contributed by atoms with Crippen LogP contribution in [0.25, 0.3) is 0 Å². The molecule has 0 bridgehead atoms. The van der Waals surface area contributed by atoms with Gasteiger partial charge in [-0.05, 0) is 30.4 Å². The van der Waals surface area contributed by atoms with Crippen LogP contribution >= 0.6 is 11.3 Å². The molecule has 1 aromatic heterocycles. The number of thiophene rings is 1. The summed E-state index contributed by atoms with van der Waals surface area (Å²) < 4.78 is 37.9. The highest BCUT2D eigenvalue weighted by Gasteiger charge is 2.44. The maximum atomic E-state index is 12.6. The highest BCUT2D eigenvalue weighted by atomic mass is 32.1. The Balaban J connectivity index is 1.99. The highest BCUT2D eigenvalue weighted by Crippen LogP contribution is 2.45. The van der Waals surface area contributed by atoms with Crippen LogP contribution in [0.3, 0.4) is 0 Å². The summed E-state index contributed by atoms with van der Waals surface area (Å²) in [5.41, 5.74) is 1.30. The monoisotopic (exact) mass is 319 g/mol. The Hall–Kier alpha value is -1.57. The van der Waals surface area contributed by atoms with Gasteiger partial charge in [-0.1, -0.05) is 0 Å². The summed E-state index contributed by atoms with van der Waals surface area (Å²) in [6.45, 7) is 0.560. The Bertz CT molecular complexity index is 623. The zero-order valence-corrected chi connectivity index (χ0v) is 11.7. The Labute approximate surface area is 122 Å². The van der Waals surface area contributed by atoms with E-state index in [1.165, 1.54) is 4.90 Å². The second-order valence-electron chi connectivity index (χ2n) is 5.29. The third kappa shape index (κ3) is 2.31. The molecule has 1 aromatic rings. The molecule has 114 valence electrons. The minimum atomic E-state index is -4.86. The van der Waals surface area contributed by atoms with E-state index in [4.69, 9.17) is 5.11 Å². The molecule has 1 atom stereocenters. The molecule has 1 aliphatic carbocycles. The van der Waals surface area contributed by atoms with Gasteiger partial charge >= 0.3 is 12.3 Å². The van der Waals surface area contributed by atoms with Gasteiger partial charge in [0.05, 0.1) is 4.88 Å². The molecule has 1 amide bonds. The summed E-state index contributed by atoms with van der Waals surface area (Å²) >= 11 is 0.890. The van der Waals surface area contributed by atoms with Crippen LogP contribution in [-0.2, 0) is 12.8 Å². The van der Waals surface area contributed by atoms with Crippen molar-refractivity contribution in [2.24, 2.45) is 0 Å². The molecular formula is C13H12F3NO3S. The number of hydrogen-bond acceptors (Lipinski definition) is 3. The Kier molecular flexibility index (Phi) is 3.23. The first kappa shape index (κ1) is 14.4. The van der Waals surface area contributed by atoms with E-state index in [9.17, 15) is 22.8 Å². The van der Waals surface area contributed by atoms with Gasteiger partial charge in [0.2, 0.25) is 0 Å². The molecule has 2 heterocycles. The first-order valence-corrected chi connectivity index (χ1v) is 7.34. The number of carboxylic acid groups (broad SMARTS) is 1. The highest BCUT2D eigenvalue weighted by molar-refractivity contribution is 7.14. The second-order valence-corrected chi connectivity index (χ2v) is 6.39. The Morgan fingerprint density at radius 3 is 2.62 bits per heavy atom. The Morgan fingerprint density at radius 2 is 2.00 bits per heavy atom. The van der Waals surface area contributed by atoms with E-state index in [0.717, 1.165) is 21.8 Å². The zero-order chi connectivity index (χ0) is 15.4. The lowest BCUT2D eigenvalue weighted by atomic mass is 10.0. The Morgan fingerprint density at radius 1 is 1.29 bits per heavy atom. The van der Waals surface area contributed by atoms with Crippen LogP contribution in [0.15, 0.2) is 0 Å². The SMILES string of the molecule is O=C(O)N1CCc2sc(C(=O)C(F)(F)F)c3c2C(CC3)C1. The molecule has 0 spiro atoms. The van der Waals surface area contributed by atoms with Gasteiger partial charge in [-0.15, -0.1) is 11.3 Å². The van der Waals surface area contributed by atoms with Crippen molar-refractivity contribution in [3.8, 4) is 0 Å². The van der Waals surface area contributed by atoms with E-state index in [-0.39, 0.29) is 17.3 Å². The van der Waals surface area contributed by atoms with Crippen LogP contribution in [0, 0.1) is 0 Å². The number of hydrogen-bond donors (Lipinski definition) is 1. The van der Waals surface area contributed by atoms with Crippen molar-refractivity contribution < 1.29 is 27.9 Å². The first-order valence-electron chi connectivity index (χ1n) is 6.53. The molecule has 21 heavy (non-hydrogen) atoms. The van der Waals surface area contributed by atoms with Gasteiger partial charge < -0.3 is 10.0 Å². The summed E-state index contributed by atoms with van der Waals surface area (Å²) in [4.78, 5) is 24.5. The largest absolute Gasteiger partial charge is 0.465 e. The van der Waals surface area contributed by atoms with Gasteiger partial charge in [0.1, 0.15) is 0 Å². The summed E-state index contributed by atoms with van der Waals surface area (Å²) in [6, 6.07) is 0. The van der Waals surface area contributed by atoms with Gasteiger partial charge in [0.15, 0.2) is 0 Å². The average molecular weight is 319 g/mol. The molecule has 4 nitrogen and oxygen atoms in total. The molecule has 2 aliphatic rings. The molecule has 3 rings (SSSR count). The van der Waals surface area contributed by atoms with Gasteiger partial charge in [-0.3, -0.25) is 4.79 Å². The summed E-state index contributed by atoms with van der Waals surface area (Å²) in [5, 5.41) is 9.09. The summed E-state index contributed by atoms with van der Waals surface area (Å²) in [6.07, 6.45) is -4.47. The lowest BCUT2D eigenvalue weighted by Crippen LogP contribution is -2.33. The number of carbonyl (C=O) groups is 2. The fourth-order valence-electron chi connectivity index (χ4n) is 3.16. The van der Waals surface area contributed by atoms with Crippen LogP contribution in [0.2, 0.25) is 0 Å². The molecule has 0 fully saturated rings. The second kappa shape index (κ2) is 4.72. The van der Waals surface area contributed by atoms with Crippen LogP contribution in [-0.4, -0.2) is 41.1 Å². The van der Waals surface area contributed by atoms with Crippen molar-refractivity contribution in [2.45, 2.75) is 31.4 Å². The molecule has 0 saturated carbocycles. The van der Waals surface area contributed by atoms with E-state index in [1.807, 2.05) is 0 Å². The fourth-order valence-corrected chi connectivity index (χ4v) is 4.55. The molecule has 0 saturated heterocycles. The number of alkyl halides is 3. The number of rotatable bonds is 1. The zero-order valence-electron chi connectivity index (χ0n) is 10.9. The van der Waals surface area contributed by atoms with E-state index >= 15 is 0 Å². The van der Waals surface area contributed by atoms with Crippen molar-refractivity contribution in [2.75, 3.05) is 13.1 Å². The van der Waals surface area contributed by atoms with Gasteiger partial charge in [-0.2, -0.15) is 13.2 Å². The number of nitrogens with zero attached hydrogens (tertiary/aromatic N) is 1. The van der Waals surface area contributed by atoms with E-state index < -0.39 is 18.1 Å². The van der Waals surface area contributed by atoms with E-state index in [2.05, 4.69) is 0 Å². The number of amides is 1. The minimum absolute atomic E-state index is 0.0837. The summed E-state index contributed by atoms with van der Waals surface area (Å²) in [5.74, 6) is -1.86. The molecule has 8 heteroatoms. The standard InChI is InChI=1S/C13H12F3NO3S/c14-13(15,16)11(18)10-7-2-1-6-5-17(12(19)20)4-3-8(21-10)9(6)7/h6H,1-5H2,(H,19,20). The number of carbonyl (C=O) groups excluding carboxylic acids is 1. The molecular weight excluding hydrogens is 307 g/mol. The maximum absolute atomic E-state index is 12.6. The van der Waals surface area contributed by atoms with Crippen LogP contribution in [0.4, 0.5) is 18.0 Å². The van der Waals surface area contributed by atoms with Crippen molar-refractivity contribution >= 4 is 23.2 Å². The fraction of sp³-hybridized carbons (Fsp3) is 0.538. The number of halogens is 3. The topological polar surface area (TPSA) is 57.6 Å². The number of ketones is 1. The van der Waals surface area contributed by atoms with Gasteiger partial charge in [0, 0.05) is 23.9 Å². The van der Waals surface area contributed by atoms with Gasteiger partial charge in [-0.25, -0.2) is 4.79 Å². The smallest absolute Gasteiger partial charge is 0.455 e. The lowest BCUT2D eigenvalue weighted by Gasteiger charge is -2.19. The molecule has 0 aromatic carbocycles.